The van der Waals surface area contributed by atoms with Crippen LogP contribution in [0.2, 0.25) is 0 Å². The number of nitrogens with one attached hydrogen (secondary N) is 2. The minimum atomic E-state index is -0.131. The number of anilines is 1. The van der Waals surface area contributed by atoms with Crippen molar-refractivity contribution in [1.82, 2.24) is 15.2 Å². The Morgan fingerprint density at radius 2 is 2.19 bits per heavy atom. The van der Waals surface area contributed by atoms with Crippen molar-refractivity contribution in [3.8, 4) is 11.3 Å². The highest BCUT2D eigenvalue weighted by Gasteiger charge is 2.26. The Kier molecular flexibility index (Phi) is 5.38. The SMILES string of the molecule is CC(C)NC(=O)CN(C)Cc1nc(-c2ccc3c(c2)[C@H](C)C(=O)N3)cs1. The fourth-order valence-electron chi connectivity index (χ4n) is 2.99. The third-order valence-electron chi connectivity index (χ3n) is 4.29. The summed E-state index contributed by atoms with van der Waals surface area (Å²) in [5, 5.41) is 8.76. The van der Waals surface area contributed by atoms with Gasteiger partial charge < -0.3 is 10.6 Å². The number of benzene rings is 1. The molecule has 0 bridgehead atoms. The molecule has 0 aliphatic carbocycles. The van der Waals surface area contributed by atoms with Crippen molar-refractivity contribution >= 4 is 28.8 Å². The lowest BCUT2D eigenvalue weighted by atomic mass is 10.00. The Morgan fingerprint density at radius 3 is 2.92 bits per heavy atom. The average Bonchev–Trinajstić information content (AvgIpc) is 3.11. The van der Waals surface area contributed by atoms with Gasteiger partial charge in [0.15, 0.2) is 0 Å². The molecule has 2 N–H and O–H groups in total. The highest BCUT2D eigenvalue weighted by Crippen LogP contribution is 2.35. The molecule has 1 aliphatic rings. The first-order chi connectivity index (χ1) is 12.3. The molecule has 1 aliphatic heterocycles. The fourth-order valence-corrected chi connectivity index (χ4v) is 3.87. The van der Waals surface area contributed by atoms with Gasteiger partial charge in [-0.05, 0) is 45.5 Å². The third kappa shape index (κ3) is 4.11. The van der Waals surface area contributed by atoms with Gasteiger partial charge in [-0.3, -0.25) is 14.5 Å². The summed E-state index contributed by atoms with van der Waals surface area (Å²) in [4.78, 5) is 30.3. The van der Waals surface area contributed by atoms with Crippen molar-refractivity contribution in [2.24, 2.45) is 0 Å². The topological polar surface area (TPSA) is 74.3 Å². The monoisotopic (exact) mass is 372 g/mol. The van der Waals surface area contributed by atoms with Gasteiger partial charge in [0.25, 0.3) is 0 Å². The summed E-state index contributed by atoms with van der Waals surface area (Å²) in [7, 11) is 1.91. The Hall–Kier alpha value is -2.25. The molecule has 6 nitrogen and oxygen atoms in total. The van der Waals surface area contributed by atoms with E-state index in [4.69, 9.17) is 4.98 Å². The maximum absolute atomic E-state index is 11.8. The molecular weight excluding hydrogens is 348 g/mol. The summed E-state index contributed by atoms with van der Waals surface area (Å²) in [6.07, 6.45) is 0. The number of thiazole rings is 1. The molecule has 2 aromatic rings. The van der Waals surface area contributed by atoms with E-state index < -0.39 is 0 Å². The van der Waals surface area contributed by atoms with Gasteiger partial charge in [-0.15, -0.1) is 11.3 Å². The number of likely N-dealkylation sites (N-methyl/N-ethyl adjacent to an activating group) is 1. The quantitative estimate of drug-likeness (QED) is 0.818. The second-order valence-corrected chi connectivity index (χ2v) is 7.98. The molecule has 0 radical (unpaired) electrons. The third-order valence-corrected chi connectivity index (χ3v) is 5.12. The summed E-state index contributed by atoms with van der Waals surface area (Å²) in [5.74, 6) is -0.0740. The van der Waals surface area contributed by atoms with Crippen LogP contribution in [0.3, 0.4) is 0 Å². The molecule has 2 amide bonds. The molecule has 7 heteroatoms. The van der Waals surface area contributed by atoms with E-state index in [0.717, 1.165) is 27.5 Å². The van der Waals surface area contributed by atoms with Gasteiger partial charge in [-0.2, -0.15) is 0 Å². The molecular formula is C19H24N4O2S. The zero-order chi connectivity index (χ0) is 18.8. The van der Waals surface area contributed by atoms with Gasteiger partial charge in [-0.25, -0.2) is 4.98 Å². The van der Waals surface area contributed by atoms with E-state index in [1.54, 1.807) is 11.3 Å². The van der Waals surface area contributed by atoms with E-state index in [1.165, 1.54) is 0 Å². The van der Waals surface area contributed by atoms with Crippen molar-refractivity contribution in [2.45, 2.75) is 39.3 Å². The number of rotatable bonds is 6. The minimum absolute atomic E-state index is 0.0176. The lowest BCUT2D eigenvalue weighted by Crippen LogP contribution is -2.38. The zero-order valence-electron chi connectivity index (χ0n) is 15.5. The zero-order valence-corrected chi connectivity index (χ0v) is 16.3. The summed E-state index contributed by atoms with van der Waals surface area (Å²) in [5.41, 5.74) is 3.82. The predicted octanol–water partition coefficient (Wildman–Crippen LogP) is 2.82. The van der Waals surface area contributed by atoms with Crippen molar-refractivity contribution < 1.29 is 9.59 Å². The van der Waals surface area contributed by atoms with Gasteiger partial charge >= 0.3 is 0 Å². The Morgan fingerprint density at radius 1 is 1.42 bits per heavy atom. The first kappa shape index (κ1) is 18.5. The number of carbonyl (C=O) groups is 2. The second-order valence-electron chi connectivity index (χ2n) is 7.03. The lowest BCUT2D eigenvalue weighted by Gasteiger charge is -2.16. The van der Waals surface area contributed by atoms with E-state index in [9.17, 15) is 9.59 Å². The van der Waals surface area contributed by atoms with E-state index in [-0.39, 0.29) is 23.8 Å². The van der Waals surface area contributed by atoms with Gasteiger partial charge in [0.05, 0.1) is 24.7 Å². The molecule has 1 atom stereocenters. The Labute approximate surface area is 157 Å². The Balaban J connectivity index is 1.67. The number of fused-ring (bicyclic) bond motifs is 1. The number of carbonyl (C=O) groups excluding carboxylic acids is 2. The summed E-state index contributed by atoms with van der Waals surface area (Å²) in [6.45, 7) is 6.78. The number of nitrogens with zero attached hydrogens (tertiary/aromatic N) is 2. The first-order valence-electron chi connectivity index (χ1n) is 8.71. The predicted molar refractivity (Wildman–Crippen MR) is 104 cm³/mol. The van der Waals surface area contributed by atoms with Crippen LogP contribution >= 0.6 is 11.3 Å². The lowest BCUT2D eigenvalue weighted by molar-refractivity contribution is -0.122. The van der Waals surface area contributed by atoms with E-state index in [2.05, 4.69) is 10.6 Å². The van der Waals surface area contributed by atoms with Crippen LogP contribution in [-0.2, 0) is 16.1 Å². The minimum Gasteiger partial charge on any atom is -0.353 e. The van der Waals surface area contributed by atoms with Crippen LogP contribution in [0.25, 0.3) is 11.3 Å². The molecule has 0 spiro atoms. The number of hydrogen-bond acceptors (Lipinski definition) is 5. The summed E-state index contributed by atoms with van der Waals surface area (Å²) in [6, 6.07) is 6.10. The van der Waals surface area contributed by atoms with E-state index >= 15 is 0 Å². The number of hydrogen-bond donors (Lipinski definition) is 2. The highest BCUT2D eigenvalue weighted by atomic mass is 32.1. The standard InChI is InChI=1S/C19H24N4O2S/c1-11(2)20-17(24)8-23(4)9-18-21-16(10-26-18)13-5-6-15-14(7-13)12(3)19(25)22-15/h5-7,10-12H,8-9H2,1-4H3,(H,20,24)(H,22,25)/t12-/m0/s1. The first-order valence-corrected chi connectivity index (χ1v) is 9.59. The van der Waals surface area contributed by atoms with E-state index in [1.807, 2.05) is 56.3 Å². The van der Waals surface area contributed by atoms with Crippen molar-refractivity contribution in [3.63, 3.8) is 0 Å². The molecule has 0 fully saturated rings. The van der Waals surface area contributed by atoms with Crippen molar-refractivity contribution in [1.29, 1.82) is 0 Å². The molecule has 2 heterocycles. The maximum Gasteiger partial charge on any atom is 0.234 e. The van der Waals surface area contributed by atoms with Crippen LogP contribution in [0.5, 0.6) is 0 Å². The van der Waals surface area contributed by atoms with Crippen LogP contribution in [0.1, 0.15) is 37.3 Å². The summed E-state index contributed by atoms with van der Waals surface area (Å²) < 4.78 is 0. The molecule has 1 aromatic carbocycles. The van der Waals surface area contributed by atoms with Gasteiger partial charge in [0, 0.05) is 22.7 Å². The molecule has 3 rings (SSSR count). The number of amides is 2. The van der Waals surface area contributed by atoms with Gasteiger partial charge in [0.2, 0.25) is 11.8 Å². The average molecular weight is 372 g/mol. The van der Waals surface area contributed by atoms with Gasteiger partial charge in [-0.1, -0.05) is 6.07 Å². The highest BCUT2D eigenvalue weighted by molar-refractivity contribution is 7.09. The van der Waals surface area contributed by atoms with Crippen LogP contribution in [-0.4, -0.2) is 41.3 Å². The second kappa shape index (κ2) is 7.55. The normalized spacial score (nSPS) is 16.1. The van der Waals surface area contributed by atoms with Crippen molar-refractivity contribution in [3.05, 3.63) is 34.2 Å². The largest absolute Gasteiger partial charge is 0.353 e. The molecule has 26 heavy (non-hydrogen) atoms. The smallest absolute Gasteiger partial charge is 0.234 e. The molecule has 0 unspecified atom stereocenters. The van der Waals surface area contributed by atoms with E-state index in [0.29, 0.717) is 13.1 Å². The maximum atomic E-state index is 11.8. The van der Waals surface area contributed by atoms with Crippen LogP contribution in [0, 0.1) is 0 Å². The van der Waals surface area contributed by atoms with Crippen LogP contribution in [0.15, 0.2) is 23.6 Å². The van der Waals surface area contributed by atoms with Gasteiger partial charge in [0.1, 0.15) is 5.01 Å². The Bertz CT molecular complexity index is 831. The molecule has 1 aromatic heterocycles. The summed E-state index contributed by atoms with van der Waals surface area (Å²) >= 11 is 1.58. The molecule has 0 saturated carbocycles. The van der Waals surface area contributed by atoms with Crippen LogP contribution < -0.4 is 10.6 Å². The number of aromatic nitrogens is 1. The molecule has 0 saturated heterocycles. The molecule has 138 valence electrons. The van der Waals surface area contributed by atoms with Crippen molar-refractivity contribution in [2.75, 3.05) is 18.9 Å². The van der Waals surface area contributed by atoms with Crippen LogP contribution in [0.4, 0.5) is 5.69 Å². The fraction of sp³-hybridized carbons (Fsp3) is 0.421.